The number of cyclic esters (lactones) is 1. The molecule has 2 aliphatic carbocycles. The fourth-order valence-corrected chi connectivity index (χ4v) is 5.75. The molecule has 4 unspecified atom stereocenters. The number of aliphatic hydroxyl groups excluding tert-OH is 3. The van der Waals surface area contributed by atoms with Gasteiger partial charge in [0.25, 0.3) is 0 Å². The molecule has 5 heteroatoms. The van der Waals surface area contributed by atoms with E-state index in [1.165, 1.54) is 0 Å². The van der Waals surface area contributed by atoms with E-state index < -0.39 is 17.6 Å². The maximum atomic E-state index is 11.7. The molecule has 0 aromatic carbocycles. The molecule has 1 aliphatic heterocycles. The first-order chi connectivity index (χ1) is 11.7. The van der Waals surface area contributed by atoms with Gasteiger partial charge in [0.15, 0.2) is 0 Å². The van der Waals surface area contributed by atoms with Crippen molar-refractivity contribution in [1.29, 1.82) is 0 Å². The Hall–Kier alpha value is -1.17. The summed E-state index contributed by atoms with van der Waals surface area (Å²) in [6, 6.07) is 0. The van der Waals surface area contributed by atoms with E-state index in [0.717, 1.165) is 24.8 Å². The first-order valence-electron chi connectivity index (χ1n) is 9.25. The minimum absolute atomic E-state index is 0.0683. The number of ether oxygens (including phenoxy) is 1. The Labute approximate surface area is 149 Å². The van der Waals surface area contributed by atoms with E-state index in [4.69, 9.17) is 4.74 Å². The molecule has 0 saturated heterocycles. The molecule has 3 aliphatic rings. The van der Waals surface area contributed by atoms with E-state index in [1.807, 2.05) is 6.92 Å². The molecule has 6 atom stereocenters. The number of hydrogen-bond acceptors (Lipinski definition) is 5. The van der Waals surface area contributed by atoms with Gasteiger partial charge in [0, 0.05) is 23.3 Å². The third kappa shape index (κ3) is 2.86. The Morgan fingerprint density at radius 2 is 2.12 bits per heavy atom. The van der Waals surface area contributed by atoms with Gasteiger partial charge in [-0.3, -0.25) is 0 Å². The third-order valence-electron chi connectivity index (χ3n) is 7.18. The summed E-state index contributed by atoms with van der Waals surface area (Å²) < 4.78 is 4.95. The van der Waals surface area contributed by atoms with Crippen LogP contribution in [0.3, 0.4) is 0 Å². The lowest BCUT2D eigenvalue weighted by Gasteiger charge is -2.60. The fourth-order valence-electron chi connectivity index (χ4n) is 5.75. The lowest BCUT2D eigenvalue weighted by Crippen LogP contribution is -2.59. The van der Waals surface area contributed by atoms with Crippen molar-refractivity contribution in [1.82, 2.24) is 0 Å². The third-order valence-corrected chi connectivity index (χ3v) is 7.18. The van der Waals surface area contributed by atoms with Crippen molar-refractivity contribution in [2.75, 3.05) is 13.2 Å². The zero-order valence-electron chi connectivity index (χ0n) is 15.2. The Morgan fingerprint density at radius 3 is 2.72 bits per heavy atom. The maximum absolute atomic E-state index is 11.7. The zero-order chi connectivity index (χ0) is 18.4. The van der Waals surface area contributed by atoms with E-state index >= 15 is 0 Å². The lowest BCUT2D eigenvalue weighted by atomic mass is 9.45. The summed E-state index contributed by atoms with van der Waals surface area (Å²) in [4.78, 5) is 11.7. The van der Waals surface area contributed by atoms with Gasteiger partial charge in [-0.1, -0.05) is 26.0 Å². The number of carbonyl (C=O) groups excluding carboxylic acids is 1. The monoisotopic (exact) mass is 350 g/mol. The first-order valence-corrected chi connectivity index (χ1v) is 9.25. The number of hydrogen-bond donors (Lipinski definition) is 3. The molecule has 0 spiro atoms. The SMILES string of the molecule is C=C1CCC2[C@@](C)(CCC(O)[C@@]2(C)CO)C1C(O)CC1=CCOC1=O. The Balaban J connectivity index is 1.89. The van der Waals surface area contributed by atoms with Gasteiger partial charge >= 0.3 is 5.97 Å². The Kier molecular flexibility index (Phi) is 4.86. The van der Waals surface area contributed by atoms with Crippen LogP contribution in [0.15, 0.2) is 23.8 Å². The van der Waals surface area contributed by atoms with Gasteiger partial charge in [-0.25, -0.2) is 4.79 Å². The van der Waals surface area contributed by atoms with E-state index in [-0.39, 0.29) is 42.9 Å². The van der Waals surface area contributed by atoms with E-state index in [0.29, 0.717) is 12.0 Å². The van der Waals surface area contributed by atoms with Crippen molar-refractivity contribution in [3.05, 3.63) is 23.8 Å². The highest BCUT2D eigenvalue weighted by Gasteiger charge is 2.59. The van der Waals surface area contributed by atoms with Crippen molar-refractivity contribution >= 4 is 5.97 Å². The highest BCUT2D eigenvalue weighted by atomic mass is 16.5. The predicted octanol–water partition coefficient (Wildman–Crippen LogP) is 1.96. The molecule has 3 N–H and O–H groups in total. The zero-order valence-corrected chi connectivity index (χ0v) is 15.2. The van der Waals surface area contributed by atoms with Crippen LogP contribution in [0.25, 0.3) is 0 Å². The summed E-state index contributed by atoms with van der Waals surface area (Å²) in [5, 5.41) is 31.5. The number of esters is 1. The molecule has 0 bridgehead atoms. The normalized spacial score (nSPS) is 42.6. The van der Waals surface area contributed by atoms with Gasteiger partial charge in [0.1, 0.15) is 6.61 Å². The lowest BCUT2D eigenvalue weighted by molar-refractivity contribution is -0.164. The second kappa shape index (κ2) is 6.53. The minimum Gasteiger partial charge on any atom is -0.458 e. The van der Waals surface area contributed by atoms with Gasteiger partial charge in [-0.2, -0.15) is 0 Å². The van der Waals surface area contributed by atoms with Gasteiger partial charge in [0.2, 0.25) is 0 Å². The van der Waals surface area contributed by atoms with Crippen LogP contribution >= 0.6 is 0 Å². The molecule has 0 aromatic heterocycles. The summed E-state index contributed by atoms with van der Waals surface area (Å²) in [5.74, 6) is -0.399. The van der Waals surface area contributed by atoms with Gasteiger partial charge in [-0.05, 0) is 43.1 Å². The quantitative estimate of drug-likeness (QED) is 0.533. The molecule has 3 rings (SSSR count). The Morgan fingerprint density at radius 1 is 1.40 bits per heavy atom. The number of fused-ring (bicyclic) bond motifs is 1. The van der Waals surface area contributed by atoms with Gasteiger partial charge < -0.3 is 20.1 Å². The van der Waals surface area contributed by atoms with Crippen molar-refractivity contribution in [3.63, 3.8) is 0 Å². The molecule has 2 fully saturated rings. The topological polar surface area (TPSA) is 87.0 Å². The van der Waals surface area contributed by atoms with Crippen LogP contribution in [0.2, 0.25) is 0 Å². The molecule has 1 heterocycles. The minimum atomic E-state index is -0.713. The Bertz CT molecular complexity index is 597. The van der Waals surface area contributed by atoms with Crippen LogP contribution in [0, 0.1) is 22.7 Å². The van der Waals surface area contributed by atoms with Gasteiger partial charge in [0.05, 0.1) is 18.8 Å². The summed E-state index contributed by atoms with van der Waals surface area (Å²) >= 11 is 0. The van der Waals surface area contributed by atoms with Crippen LogP contribution < -0.4 is 0 Å². The molecule has 25 heavy (non-hydrogen) atoms. The van der Waals surface area contributed by atoms with Crippen molar-refractivity contribution in [2.24, 2.45) is 22.7 Å². The molecule has 0 aromatic rings. The fraction of sp³-hybridized carbons (Fsp3) is 0.750. The molecule has 0 radical (unpaired) electrons. The largest absolute Gasteiger partial charge is 0.458 e. The predicted molar refractivity (Wildman–Crippen MR) is 93.6 cm³/mol. The highest BCUT2D eigenvalue weighted by molar-refractivity contribution is 5.90. The van der Waals surface area contributed by atoms with E-state index in [1.54, 1.807) is 6.08 Å². The second-order valence-electron chi connectivity index (χ2n) is 8.55. The molecule has 0 amide bonds. The van der Waals surface area contributed by atoms with Crippen LogP contribution in [0.5, 0.6) is 0 Å². The average Bonchev–Trinajstić information content (AvgIpc) is 2.96. The first kappa shape index (κ1) is 18.6. The summed E-state index contributed by atoms with van der Waals surface area (Å²) in [6.45, 7) is 8.53. The van der Waals surface area contributed by atoms with Crippen LogP contribution in [-0.2, 0) is 9.53 Å². The summed E-state index contributed by atoms with van der Waals surface area (Å²) in [7, 11) is 0. The molecule has 2 saturated carbocycles. The standard InChI is InChI=1S/C20H30O5/c1-12-4-5-15-19(2,8-6-16(23)20(15,3)11-21)17(12)14(22)10-13-7-9-25-18(13)24/h7,14-17,21-23H,1,4-6,8-11H2,2-3H3/t14?,15?,16?,17?,19-,20+/m1/s1. The van der Waals surface area contributed by atoms with Crippen molar-refractivity contribution in [2.45, 2.75) is 58.2 Å². The smallest absolute Gasteiger partial charge is 0.334 e. The van der Waals surface area contributed by atoms with E-state index in [9.17, 15) is 20.1 Å². The number of aliphatic hydroxyl groups is 3. The van der Waals surface area contributed by atoms with E-state index in [2.05, 4.69) is 13.5 Å². The number of carbonyl (C=O) groups is 1. The van der Waals surface area contributed by atoms with Gasteiger partial charge in [-0.15, -0.1) is 0 Å². The molecular formula is C20H30O5. The summed E-state index contributed by atoms with van der Waals surface area (Å²) in [5.41, 5.74) is 0.716. The average molecular weight is 350 g/mol. The van der Waals surface area contributed by atoms with Crippen LogP contribution in [-0.4, -0.2) is 46.7 Å². The highest BCUT2D eigenvalue weighted by Crippen LogP contribution is 2.61. The van der Waals surface area contributed by atoms with Crippen LogP contribution in [0.1, 0.15) is 46.0 Å². The second-order valence-corrected chi connectivity index (χ2v) is 8.55. The molecule has 140 valence electrons. The summed E-state index contributed by atoms with van der Waals surface area (Å²) in [6.07, 6.45) is 3.76. The maximum Gasteiger partial charge on any atom is 0.334 e. The van der Waals surface area contributed by atoms with Crippen molar-refractivity contribution < 1.29 is 24.9 Å². The van der Waals surface area contributed by atoms with Crippen LogP contribution in [0.4, 0.5) is 0 Å². The van der Waals surface area contributed by atoms with Crippen molar-refractivity contribution in [3.8, 4) is 0 Å². The number of rotatable bonds is 4. The molecular weight excluding hydrogens is 320 g/mol. The molecule has 5 nitrogen and oxygen atoms in total.